The molecule has 1 aliphatic heterocycles. The van der Waals surface area contributed by atoms with Gasteiger partial charge in [0.25, 0.3) is 0 Å². The average Bonchev–Trinajstić information content (AvgIpc) is 2.25. The predicted octanol–water partition coefficient (Wildman–Crippen LogP) is 2.75. The molecule has 0 fully saturated rings. The van der Waals surface area contributed by atoms with Crippen molar-refractivity contribution in [2.75, 3.05) is 0 Å². The number of ketones is 1. The Morgan fingerprint density at radius 1 is 1.31 bits per heavy atom. The highest BCUT2D eigenvalue weighted by atomic mass is 16.5. The first-order valence-corrected chi connectivity index (χ1v) is 6.19. The Kier molecular flexibility index (Phi) is 3.42. The third-order valence-corrected chi connectivity index (χ3v) is 3.37. The predicted molar refractivity (Wildman–Crippen MR) is 59.6 cm³/mol. The Bertz CT molecular complexity index is 341. The Morgan fingerprint density at radius 3 is 2.88 bits per heavy atom. The van der Waals surface area contributed by atoms with E-state index < -0.39 is 0 Å². The molecule has 1 aliphatic carbocycles. The minimum atomic E-state index is -0.158. The Hall–Kier alpha value is -1.12. The van der Waals surface area contributed by atoms with E-state index in [1.54, 1.807) is 0 Å². The van der Waals surface area contributed by atoms with Crippen molar-refractivity contribution in [2.45, 2.75) is 51.9 Å². The van der Waals surface area contributed by atoms with Gasteiger partial charge in [0.05, 0.1) is 6.42 Å². The first-order chi connectivity index (χ1) is 7.72. The molecule has 3 nitrogen and oxygen atoms in total. The summed E-state index contributed by atoms with van der Waals surface area (Å²) in [6.45, 7) is 2.12. The first kappa shape index (κ1) is 11.4. The Balaban J connectivity index is 2.21. The van der Waals surface area contributed by atoms with Crippen LogP contribution in [0.5, 0.6) is 0 Å². The fourth-order valence-electron chi connectivity index (χ4n) is 2.57. The van der Waals surface area contributed by atoms with Crippen LogP contribution in [0.3, 0.4) is 0 Å². The van der Waals surface area contributed by atoms with Gasteiger partial charge in [-0.05, 0) is 12.8 Å². The highest BCUT2D eigenvalue weighted by Crippen LogP contribution is 2.36. The Labute approximate surface area is 95.9 Å². The standard InChI is InChI=1S/C13H18O3/c1-2-3-5-9-8-12(15)16-11-7-4-6-10(14)13(9)11/h9H,2-8H2,1H3. The molecule has 0 saturated carbocycles. The number of Topliss-reactive ketones (excluding diaryl/α,β-unsaturated/α-hetero) is 1. The number of ether oxygens (including phenoxy) is 1. The third kappa shape index (κ3) is 2.18. The summed E-state index contributed by atoms with van der Waals surface area (Å²) >= 11 is 0. The quantitative estimate of drug-likeness (QED) is 0.689. The molecule has 0 spiro atoms. The van der Waals surface area contributed by atoms with E-state index in [1.165, 1.54) is 0 Å². The molecule has 2 rings (SSSR count). The lowest BCUT2D eigenvalue weighted by molar-refractivity contribution is -0.143. The van der Waals surface area contributed by atoms with Crippen LogP contribution in [-0.4, -0.2) is 11.8 Å². The van der Waals surface area contributed by atoms with Crippen molar-refractivity contribution in [1.82, 2.24) is 0 Å². The largest absolute Gasteiger partial charge is 0.431 e. The maximum Gasteiger partial charge on any atom is 0.311 e. The van der Waals surface area contributed by atoms with Gasteiger partial charge in [-0.2, -0.15) is 0 Å². The van der Waals surface area contributed by atoms with Crippen molar-refractivity contribution >= 4 is 11.8 Å². The normalized spacial score (nSPS) is 25.4. The number of carbonyl (C=O) groups is 2. The van der Waals surface area contributed by atoms with Crippen molar-refractivity contribution in [3.8, 4) is 0 Å². The Morgan fingerprint density at radius 2 is 2.12 bits per heavy atom. The molecule has 0 saturated heterocycles. The van der Waals surface area contributed by atoms with Crippen molar-refractivity contribution in [3.05, 3.63) is 11.3 Å². The van der Waals surface area contributed by atoms with Gasteiger partial charge in [0, 0.05) is 24.3 Å². The van der Waals surface area contributed by atoms with Gasteiger partial charge in [0.15, 0.2) is 5.78 Å². The second-order valence-electron chi connectivity index (χ2n) is 4.63. The zero-order valence-electron chi connectivity index (χ0n) is 9.75. The molecular formula is C13H18O3. The monoisotopic (exact) mass is 222 g/mol. The first-order valence-electron chi connectivity index (χ1n) is 6.19. The molecular weight excluding hydrogens is 204 g/mol. The van der Waals surface area contributed by atoms with Gasteiger partial charge in [0.2, 0.25) is 0 Å². The summed E-state index contributed by atoms with van der Waals surface area (Å²) in [4.78, 5) is 23.3. The van der Waals surface area contributed by atoms with E-state index in [4.69, 9.17) is 4.74 Å². The molecule has 3 heteroatoms. The lowest BCUT2D eigenvalue weighted by Crippen LogP contribution is -2.28. The zero-order chi connectivity index (χ0) is 11.5. The van der Waals surface area contributed by atoms with Crippen LogP contribution in [0.4, 0.5) is 0 Å². The van der Waals surface area contributed by atoms with Crippen LogP contribution in [0.25, 0.3) is 0 Å². The van der Waals surface area contributed by atoms with Crippen molar-refractivity contribution < 1.29 is 14.3 Å². The van der Waals surface area contributed by atoms with Gasteiger partial charge in [-0.1, -0.05) is 19.8 Å². The summed E-state index contributed by atoms with van der Waals surface area (Å²) in [6, 6.07) is 0. The summed E-state index contributed by atoms with van der Waals surface area (Å²) in [6.07, 6.45) is 5.71. The zero-order valence-corrected chi connectivity index (χ0v) is 9.75. The van der Waals surface area contributed by atoms with Gasteiger partial charge in [-0.25, -0.2) is 0 Å². The smallest absolute Gasteiger partial charge is 0.311 e. The molecule has 88 valence electrons. The van der Waals surface area contributed by atoms with Crippen LogP contribution in [-0.2, 0) is 14.3 Å². The van der Waals surface area contributed by atoms with Crippen LogP contribution in [0.15, 0.2) is 11.3 Å². The molecule has 1 unspecified atom stereocenters. The molecule has 2 aliphatic rings. The van der Waals surface area contributed by atoms with Crippen molar-refractivity contribution in [2.24, 2.45) is 5.92 Å². The molecule has 0 amide bonds. The minimum absolute atomic E-state index is 0.129. The number of rotatable bonds is 3. The van der Waals surface area contributed by atoms with E-state index in [-0.39, 0.29) is 17.7 Å². The topological polar surface area (TPSA) is 43.4 Å². The molecule has 0 N–H and O–H groups in total. The van der Waals surface area contributed by atoms with Crippen molar-refractivity contribution in [1.29, 1.82) is 0 Å². The fraction of sp³-hybridized carbons (Fsp3) is 0.692. The minimum Gasteiger partial charge on any atom is -0.431 e. The summed E-state index contributed by atoms with van der Waals surface area (Å²) in [5.41, 5.74) is 0.833. The third-order valence-electron chi connectivity index (χ3n) is 3.37. The highest BCUT2D eigenvalue weighted by Gasteiger charge is 2.34. The molecule has 0 bridgehead atoms. The van der Waals surface area contributed by atoms with Gasteiger partial charge in [-0.3, -0.25) is 9.59 Å². The van der Waals surface area contributed by atoms with Gasteiger partial charge in [-0.15, -0.1) is 0 Å². The van der Waals surface area contributed by atoms with Gasteiger partial charge in [0.1, 0.15) is 5.76 Å². The van der Waals surface area contributed by atoms with E-state index in [1.807, 2.05) is 0 Å². The maximum atomic E-state index is 11.9. The number of carbonyl (C=O) groups excluding carboxylic acids is 2. The average molecular weight is 222 g/mol. The van der Waals surface area contributed by atoms with E-state index in [2.05, 4.69) is 6.92 Å². The van der Waals surface area contributed by atoms with Crippen LogP contribution >= 0.6 is 0 Å². The van der Waals surface area contributed by atoms with E-state index in [9.17, 15) is 9.59 Å². The molecule has 0 aromatic carbocycles. The number of hydrogen-bond acceptors (Lipinski definition) is 3. The number of esters is 1. The second kappa shape index (κ2) is 4.81. The molecule has 0 aromatic rings. The molecule has 16 heavy (non-hydrogen) atoms. The summed E-state index contributed by atoms with van der Waals surface area (Å²) < 4.78 is 5.19. The summed E-state index contributed by atoms with van der Waals surface area (Å²) in [5.74, 6) is 0.849. The van der Waals surface area contributed by atoms with E-state index in [0.29, 0.717) is 18.6 Å². The second-order valence-corrected chi connectivity index (χ2v) is 4.63. The highest BCUT2D eigenvalue weighted by molar-refractivity contribution is 5.98. The molecule has 1 atom stereocenters. The van der Waals surface area contributed by atoms with Gasteiger partial charge >= 0.3 is 5.97 Å². The van der Waals surface area contributed by atoms with Crippen LogP contribution in [0, 0.1) is 5.92 Å². The van der Waals surface area contributed by atoms with Crippen LogP contribution in [0.2, 0.25) is 0 Å². The van der Waals surface area contributed by atoms with Crippen LogP contribution in [0.1, 0.15) is 51.9 Å². The number of unbranched alkanes of at least 4 members (excludes halogenated alkanes) is 1. The van der Waals surface area contributed by atoms with E-state index >= 15 is 0 Å². The summed E-state index contributed by atoms with van der Waals surface area (Å²) in [7, 11) is 0. The van der Waals surface area contributed by atoms with Gasteiger partial charge < -0.3 is 4.74 Å². The maximum absolute atomic E-state index is 11.9. The SMILES string of the molecule is CCCCC1CC(=O)OC2=C1C(=O)CCC2. The number of allylic oxidation sites excluding steroid dienone is 2. The van der Waals surface area contributed by atoms with E-state index in [0.717, 1.165) is 37.7 Å². The van der Waals surface area contributed by atoms with Crippen LogP contribution < -0.4 is 0 Å². The molecule has 0 radical (unpaired) electrons. The summed E-state index contributed by atoms with van der Waals surface area (Å²) in [5, 5.41) is 0. The lowest BCUT2D eigenvalue weighted by atomic mass is 9.81. The van der Waals surface area contributed by atoms with Crippen molar-refractivity contribution in [3.63, 3.8) is 0 Å². The lowest BCUT2D eigenvalue weighted by Gasteiger charge is -2.29. The fourth-order valence-corrected chi connectivity index (χ4v) is 2.57. The molecule has 1 heterocycles. The molecule has 0 aromatic heterocycles. The number of hydrogen-bond donors (Lipinski definition) is 0.